The van der Waals surface area contributed by atoms with Gasteiger partial charge in [0.1, 0.15) is 17.3 Å². The van der Waals surface area contributed by atoms with Crippen LogP contribution in [0.15, 0.2) is 53.3 Å². The molecular formula is C28H26F2N4O. The average molecular weight is 473 g/mol. The summed E-state index contributed by atoms with van der Waals surface area (Å²) in [6.45, 7) is 4.40. The third-order valence-corrected chi connectivity index (χ3v) is 7.17. The number of benzene rings is 2. The van der Waals surface area contributed by atoms with E-state index in [9.17, 15) is 9.18 Å². The minimum atomic E-state index is -0.693. The molecule has 2 heterocycles. The SMILES string of the molecule is CCC1CC(C)CC(c2nn3c(=O)cc(-c4ccc(C#N)cc4)[nH]c3c2-c2ccc(F)cc2F)C1. The molecule has 1 saturated carbocycles. The highest BCUT2D eigenvalue weighted by Gasteiger charge is 2.32. The van der Waals surface area contributed by atoms with Crippen LogP contribution in [-0.2, 0) is 0 Å². The fraction of sp³-hybridized carbons (Fsp3) is 0.321. The van der Waals surface area contributed by atoms with Crippen molar-refractivity contribution < 1.29 is 8.78 Å². The van der Waals surface area contributed by atoms with Crippen LogP contribution in [0.4, 0.5) is 8.78 Å². The summed E-state index contributed by atoms with van der Waals surface area (Å²) in [5.74, 6) is -0.270. The summed E-state index contributed by atoms with van der Waals surface area (Å²) < 4.78 is 30.2. The molecule has 1 fully saturated rings. The van der Waals surface area contributed by atoms with Gasteiger partial charge in [0.15, 0.2) is 0 Å². The van der Waals surface area contributed by atoms with Gasteiger partial charge in [-0.05, 0) is 60.9 Å². The number of rotatable bonds is 4. The molecule has 1 aliphatic rings. The first-order valence-corrected chi connectivity index (χ1v) is 12.0. The second kappa shape index (κ2) is 9.10. The van der Waals surface area contributed by atoms with Crippen molar-refractivity contribution in [2.24, 2.45) is 11.8 Å². The molecule has 0 bridgehead atoms. The molecule has 5 nitrogen and oxygen atoms in total. The first kappa shape index (κ1) is 23.0. The maximum Gasteiger partial charge on any atom is 0.274 e. The molecule has 0 amide bonds. The van der Waals surface area contributed by atoms with E-state index in [1.807, 2.05) is 0 Å². The normalized spacial score (nSPS) is 20.1. The van der Waals surface area contributed by atoms with E-state index in [0.717, 1.165) is 31.7 Å². The topological polar surface area (TPSA) is 74.0 Å². The Morgan fingerprint density at radius 3 is 2.57 bits per heavy atom. The van der Waals surface area contributed by atoms with E-state index >= 15 is 4.39 Å². The predicted octanol–water partition coefficient (Wildman–Crippen LogP) is 6.44. The highest BCUT2D eigenvalue weighted by Crippen LogP contribution is 2.44. The van der Waals surface area contributed by atoms with Crippen LogP contribution in [-0.4, -0.2) is 14.6 Å². The summed E-state index contributed by atoms with van der Waals surface area (Å²) in [5, 5.41) is 13.8. The molecule has 35 heavy (non-hydrogen) atoms. The van der Waals surface area contributed by atoms with Gasteiger partial charge >= 0.3 is 0 Å². The van der Waals surface area contributed by atoms with Gasteiger partial charge in [-0.25, -0.2) is 8.78 Å². The summed E-state index contributed by atoms with van der Waals surface area (Å²) in [6.07, 6.45) is 4.00. The van der Waals surface area contributed by atoms with Crippen molar-refractivity contribution in [2.45, 2.75) is 45.4 Å². The molecule has 0 aliphatic heterocycles. The largest absolute Gasteiger partial charge is 0.339 e. The summed E-state index contributed by atoms with van der Waals surface area (Å²) >= 11 is 0. The Hall–Kier alpha value is -3.79. The zero-order valence-corrected chi connectivity index (χ0v) is 19.7. The molecule has 178 valence electrons. The van der Waals surface area contributed by atoms with Crippen LogP contribution < -0.4 is 5.56 Å². The van der Waals surface area contributed by atoms with Gasteiger partial charge in [0.05, 0.1) is 28.6 Å². The molecule has 0 spiro atoms. The van der Waals surface area contributed by atoms with Gasteiger partial charge in [0.25, 0.3) is 5.56 Å². The standard InChI is InChI=1S/C28H26F2N4O/c1-3-17-10-16(2)11-20(12-17)27-26(22-9-8-21(29)13-23(22)30)28-32-24(14-25(35)34(28)33-27)19-6-4-18(15-31)5-7-19/h4-9,13-14,16-17,20,32H,3,10-12H2,1-2H3. The summed E-state index contributed by atoms with van der Waals surface area (Å²) in [4.78, 5) is 16.5. The van der Waals surface area contributed by atoms with Crippen LogP contribution in [0.2, 0.25) is 0 Å². The van der Waals surface area contributed by atoms with Crippen molar-refractivity contribution in [3.05, 3.63) is 81.8 Å². The fourth-order valence-corrected chi connectivity index (χ4v) is 5.48. The van der Waals surface area contributed by atoms with Crippen LogP contribution in [0.1, 0.15) is 56.7 Å². The second-order valence-electron chi connectivity index (χ2n) is 9.64. The number of aromatic nitrogens is 3. The number of halogens is 2. The molecule has 0 radical (unpaired) electrons. The van der Waals surface area contributed by atoms with Crippen molar-refractivity contribution in [2.75, 3.05) is 0 Å². The van der Waals surface area contributed by atoms with E-state index in [2.05, 4.69) is 24.9 Å². The molecule has 3 unspecified atom stereocenters. The Morgan fingerprint density at radius 1 is 1.11 bits per heavy atom. The predicted molar refractivity (Wildman–Crippen MR) is 131 cm³/mol. The van der Waals surface area contributed by atoms with Crippen molar-refractivity contribution >= 4 is 5.65 Å². The van der Waals surface area contributed by atoms with E-state index in [1.165, 1.54) is 22.7 Å². The number of aromatic amines is 1. The Labute approximate surface area is 202 Å². The first-order valence-electron chi connectivity index (χ1n) is 12.0. The number of hydrogen-bond donors (Lipinski definition) is 1. The van der Waals surface area contributed by atoms with E-state index in [1.54, 1.807) is 24.3 Å². The van der Waals surface area contributed by atoms with Crippen molar-refractivity contribution in [3.8, 4) is 28.5 Å². The maximum absolute atomic E-state index is 15.1. The highest BCUT2D eigenvalue weighted by atomic mass is 19.1. The molecule has 1 aliphatic carbocycles. The quantitative estimate of drug-likeness (QED) is 0.372. The highest BCUT2D eigenvalue weighted by molar-refractivity contribution is 5.82. The van der Waals surface area contributed by atoms with Crippen LogP contribution in [0.3, 0.4) is 0 Å². The minimum Gasteiger partial charge on any atom is -0.339 e. The number of nitrogens with zero attached hydrogens (tertiary/aromatic N) is 3. The van der Waals surface area contributed by atoms with Crippen LogP contribution >= 0.6 is 0 Å². The third-order valence-electron chi connectivity index (χ3n) is 7.17. The van der Waals surface area contributed by atoms with Gasteiger partial charge < -0.3 is 4.98 Å². The van der Waals surface area contributed by atoms with Gasteiger partial charge in [-0.1, -0.05) is 32.4 Å². The molecule has 2 aromatic carbocycles. The van der Waals surface area contributed by atoms with Gasteiger partial charge in [0, 0.05) is 23.6 Å². The van der Waals surface area contributed by atoms with Crippen molar-refractivity contribution in [1.29, 1.82) is 5.26 Å². The van der Waals surface area contributed by atoms with Crippen molar-refractivity contribution in [3.63, 3.8) is 0 Å². The number of hydrogen-bond acceptors (Lipinski definition) is 3. The number of nitrogens with one attached hydrogen (secondary N) is 1. The van der Waals surface area contributed by atoms with Gasteiger partial charge in [0.2, 0.25) is 0 Å². The molecular weight excluding hydrogens is 446 g/mol. The Kier molecular flexibility index (Phi) is 5.98. The lowest BCUT2D eigenvalue weighted by atomic mass is 9.73. The van der Waals surface area contributed by atoms with Crippen LogP contribution in [0.5, 0.6) is 0 Å². The first-order chi connectivity index (χ1) is 16.9. The van der Waals surface area contributed by atoms with E-state index in [4.69, 9.17) is 10.4 Å². The van der Waals surface area contributed by atoms with E-state index < -0.39 is 11.6 Å². The van der Waals surface area contributed by atoms with E-state index in [0.29, 0.717) is 45.6 Å². The van der Waals surface area contributed by atoms with Crippen LogP contribution in [0.25, 0.3) is 28.0 Å². The smallest absolute Gasteiger partial charge is 0.274 e. The lowest BCUT2D eigenvalue weighted by Crippen LogP contribution is -2.21. The fourth-order valence-electron chi connectivity index (χ4n) is 5.48. The summed E-state index contributed by atoms with van der Waals surface area (Å²) in [6, 6.07) is 13.9. The summed E-state index contributed by atoms with van der Waals surface area (Å²) in [5.41, 5.74) is 3.19. The Balaban J connectivity index is 1.75. The second-order valence-corrected chi connectivity index (χ2v) is 9.64. The van der Waals surface area contributed by atoms with Gasteiger partial charge in [-0.3, -0.25) is 4.79 Å². The molecule has 2 aromatic heterocycles. The molecule has 1 N–H and O–H groups in total. The average Bonchev–Trinajstić information content (AvgIpc) is 3.23. The van der Waals surface area contributed by atoms with Crippen LogP contribution in [0, 0.1) is 34.8 Å². The third kappa shape index (κ3) is 4.25. The molecule has 0 saturated heterocycles. The molecule has 5 rings (SSSR count). The van der Waals surface area contributed by atoms with Crippen molar-refractivity contribution in [1.82, 2.24) is 14.6 Å². The van der Waals surface area contributed by atoms with Gasteiger partial charge in [-0.15, -0.1) is 0 Å². The zero-order valence-electron chi connectivity index (χ0n) is 19.7. The zero-order chi connectivity index (χ0) is 24.7. The molecule has 3 atom stereocenters. The molecule has 4 aromatic rings. The number of nitriles is 1. The molecule has 7 heteroatoms. The monoisotopic (exact) mass is 472 g/mol. The number of H-pyrrole nitrogens is 1. The lowest BCUT2D eigenvalue weighted by Gasteiger charge is -2.32. The van der Waals surface area contributed by atoms with Gasteiger partial charge in [-0.2, -0.15) is 14.9 Å². The Bertz CT molecular complexity index is 1500. The minimum absolute atomic E-state index is 0.0641. The van der Waals surface area contributed by atoms with E-state index in [-0.39, 0.29) is 17.0 Å². The maximum atomic E-state index is 15.1. The lowest BCUT2D eigenvalue weighted by molar-refractivity contribution is 0.244. The number of fused-ring (bicyclic) bond motifs is 1. The summed E-state index contributed by atoms with van der Waals surface area (Å²) in [7, 11) is 0. The Morgan fingerprint density at radius 2 is 1.89 bits per heavy atom.